The van der Waals surface area contributed by atoms with Crippen LogP contribution in [0.15, 0.2) is 40.5 Å². The first-order chi connectivity index (χ1) is 10.1. The van der Waals surface area contributed by atoms with E-state index in [4.69, 9.17) is 0 Å². The fourth-order valence-electron chi connectivity index (χ4n) is 2.47. The van der Waals surface area contributed by atoms with E-state index in [1.807, 2.05) is 12.1 Å². The van der Waals surface area contributed by atoms with Gasteiger partial charge in [0.1, 0.15) is 13.1 Å². The minimum Gasteiger partial charge on any atom is -0.338 e. The molecule has 0 aliphatic rings. The highest BCUT2D eigenvalue weighted by atomic mass is 32.1. The molecule has 0 aliphatic carbocycles. The number of aromatic nitrogens is 1. The molecule has 0 amide bonds. The zero-order valence-corrected chi connectivity index (χ0v) is 13.1. The molecule has 4 heteroatoms. The van der Waals surface area contributed by atoms with E-state index in [-0.39, 0.29) is 5.56 Å². The predicted molar refractivity (Wildman–Crippen MR) is 87.7 cm³/mol. The number of fused-ring (bicyclic) bond motifs is 1. The van der Waals surface area contributed by atoms with Crippen LogP contribution >= 0.6 is 11.3 Å². The number of rotatable bonds is 4. The average molecular weight is 299 g/mol. The summed E-state index contributed by atoms with van der Waals surface area (Å²) in [6.45, 7) is 5.79. The van der Waals surface area contributed by atoms with Crippen LogP contribution in [-0.2, 0) is 13.1 Å². The van der Waals surface area contributed by atoms with Crippen LogP contribution in [0.5, 0.6) is 0 Å². The summed E-state index contributed by atoms with van der Waals surface area (Å²) >= 11 is 1.75. The molecule has 3 N–H and O–H groups in total. The summed E-state index contributed by atoms with van der Waals surface area (Å²) in [4.78, 5) is 16.5. The first-order valence-corrected chi connectivity index (χ1v) is 7.98. The number of quaternary nitrogens is 1. The van der Waals surface area contributed by atoms with Gasteiger partial charge in [0.2, 0.25) is 0 Å². The number of pyridine rings is 1. The fraction of sp³-hybridized carbons (Fsp3) is 0.235. The maximum atomic E-state index is 12.1. The summed E-state index contributed by atoms with van der Waals surface area (Å²) in [5.74, 6) is 0. The van der Waals surface area contributed by atoms with Gasteiger partial charge in [0, 0.05) is 5.52 Å². The van der Waals surface area contributed by atoms with Crippen molar-refractivity contribution in [2.45, 2.75) is 26.9 Å². The molecule has 0 saturated heterocycles. The minimum atomic E-state index is 0.0215. The largest absolute Gasteiger partial charge is 0.338 e. The van der Waals surface area contributed by atoms with Crippen LogP contribution in [0.3, 0.4) is 0 Å². The zero-order chi connectivity index (χ0) is 14.8. The van der Waals surface area contributed by atoms with Gasteiger partial charge >= 0.3 is 0 Å². The lowest BCUT2D eigenvalue weighted by molar-refractivity contribution is -0.685. The predicted octanol–water partition coefficient (Wildman–Crippen LogP) is 2.47. The molecule has 0 aliphatic heterocycles. The Morgan fingerprint density at radius 1 is 1.14 bits per heavy atom. The number of nitrogens with one attached hydrogen (secondary N) is 1. The van der Waals surface area contributed by atoms with Crippen molar-refractivity contribution in [1.29, 1.82) is 0 Å². The standard InChI is InChI=1S/C17H18N2OS/c1-11-6-13-8-14(9-18-10-15-4-3-5-21-15)17(20)19-16(13)7-12(11)2/h3-8,18H,9-10H2,1-2H3,(H,19,20)/p+1. The molecule has 0 atom stereocenters. The Morgan fingerprint density at radius 3 is 2.71 bits per heavy atom. The number of H-pyrrole nitrogens is 1. The number of aromatic amines is 1. The maximum absolute atomic E-state index is 12.1. The van der Waals surface area contributed by atoms with Gasteiger partial charge in [0.25, 0.3) is 5.56 Å². The monoisotopic (exact) mass is 299 g/mol. The molecule has 3 aromatic rings. The smallest absolute Gasteiger partial charge is 0.257 e. The molecule has 0 unspecified atom stereocenters. The molecular weight excluding hydrogens is 280 g/mol. The van der Waals surface area contributed by atoms with Crippen molar-refractivity contribution >= 4 is 22.2 Å². The van der Waals surface area contributed by atoms with Crippen LogP contribution in [0.2, 0.25) is 0 Å². The number of thiophene rings is 1. The summed E-state index contributed by atoms with van der Waals surface area (Å²) in [6, 6.07) is 10.4. The van der Waals surface area contributed by atoms with Gasteiger partial charge < -0.3 is 10.3 Å². The van der Waals surface area contributed by atoms with E-state index in [1.54, 1.807) is 11.3 Å². The summed E-state index contributed by atoms with van der Waals surface area (Å²) in [5, 5.41) is 5.36. The lowest BCUT2D eigenvalue weighted by atomic mass is 10.1. The molecule has 0 fully saturated rings. The van der Waals surface area contributed by atoms with E-state index in [0.29, 0.717) is 6.54 Å². The van der Waals surface area contributed by atoms with Crippen molar-refractivity contribution < 1.29 is 5.32 Å². The summed E-state index contributed by atoms with van der Waals surface area (Å²) < 4.78 is 0. The highest BCUT2D eigenvalue weighted by molar-refractivity contribution is 7.09. The SMILES string of the molecule is Cc1cc2cc(C[NH2+]Cc3cccs3)c(=O)[nH]c2cc1C. The first kappa shape index (κ1) is 14.0. The maximum Gasteiger partial charge on any atom is 0.257 e. The Hall–Kier alpha value is -1.91. The van der Waals surface area contributed by atoms with E-state index >= 15 is 0 Å². The quantitative estimate of drug-likeness (QED) is 0.764. The normalized spacial score (nSPS) is 11.1. The van der Waals surface area contributed by atoms with Crippen molar-refractivity contribution in [2.75, 3.05) is 0 Å². The van der Waals surface area contributed by atoms with E-state index in [1.165, 1.54) is 16.0 Å². The molecule has 3 nitrogen and oxygen atoms in total. The van der Waals surface area contributed by atoms with E-state index in [0.717, 1.165) is 23.0 Å². The van der Waals surface area contributed by atoms with Gasteiger partial charge in [-0.25, -0.2) is 0 Å². The molecule has 2 heterocycles. The number of benzene rings is 1. The zero-order valence-electron chi connectivity index (χ0n) is 12.3. The Morgan fingerprint density at radius 2 is 1.95 bits per heavy atom. The highest BCUT2D eigenvalue weighted by Crippen LogP contribution is 2.16. The molecule has 2 aromatic heterocycles. The second-order valence-corrected chi connectivity index (χ2v) is 6.46. The Kier molecular flexibility index (Phi) is 3.90. The third-order valence-electron chi connectivity index (χ3n) is 3.83. The molecule has 0 bridgehead atoms. The van der Waals surface area contributed by atoms with Gasteiger partial charge in [0.15, 0.2) is 0 Å². The van der Waals surface area contributed by atoms with Crippen LogP contribution in [0.1, 0.15) is 21.6 Å². The molecule has 1 aromatic carbocycles. The number of hydrogen-bond donors (Lipinski definition) is 2. The fourth-order valence-corrected chi connectivity index (χ4v) is 3.18. The molecular formula is C17H19N2OS+. The Labute approximate surface area is 127 Å². The molecule has 0 saturated carbocycles. The number of nitrogens with two attached hydrogens (primary N) is 1. The summed E-state index contributed by atoms with van der Waals surface area (Å²) in [5.41, 5.74) is 4.24. The third kappa shape index (κ3) is 3.06. The van der Waals surface area contributed by atoms with Crippen molar-refractivity contribution in [3.8, 4) is 0 Å². The summed E-state index contributed by atoms with van der Waals surface area (Å²) in [7, 11) is 0. The van der Waals surface area contributed by atoms with Crippen LogP contribution in [0.25, 0.3) is 10.9 Å². The minimum absolute atomic E-state index is 0.0215. The van der Waals surface area contributed by atoms with Gasteiger partial charge in [-0.2, -0.15) is 0 Å². The number of aryl methyl sites for hydroxylation is 2. The molecule has 0 radical (unpaired) electrons. The van der Waals surface area contributed by atoms with Crippen molar-refractivity contribution in [1.82, 2.24) is 4.98 Å². The Balaban J connectivity index is 1.83. The summed E-state index contributed by atoms with van der Waals surface area (Å²) in [6.07, 6.45) is 0. The number of hydrogen-bond acceptors (Lipinski definition) is 2. The van der Waals surface area contributed by atoms with Crippen molar-refractivity contribution in [3.63, 3.8) is 0 Å². The molecule has 0 spiro atoms. The topological polar surface area (TPSA) is 49.5 Å². The first-order valence-electron chi connectivity index (χ1n) is 7.10. The van der Waals surface area contributed by atoms with Crippen LogP contribution in [-0.4, -0.2) is 4.98 Å². The highest BCUT2D eigenvalue weighted by Gasteiger charge is 2.06. The van der Waals surface area contributed by atoms with Crippen molar-refractivity contribution in [2.24, 2.45) is 0 Å². The lowest BCUT2D eigenvalue weighted by Gasteiger charge is -2.06. The van der Waals surface area contributed by atoms with Gasteiger partial charge in [-0.1, -0.05) is 6.07 Å². The second kappa shape index (κ2) is 5.84. The molecule has 3 rings (SSSR count). The Bertz CT molecular complexity index is 819. The second-order valence-electron chi connectivity index (χ2n) is 5.42. The molecule has 21 heavy (non-hydrogen) atoms. The third-order valence-corrected chi connectivity index (χ3v) is 4.72. The van der Waals surface area contributed by atoms with Crippen LogP contribution in [0.4, 0.5) is 0 Å². The van der Waals surface area contributed by atoms with E-state index in [2.05, 4.69) is 47.7 Å². The lowest BCUT2D eigenvalue weighted by Crippen LogP contribution is -2.81. The van der Waals surface area contributed by atoms with Gasteiger partial charge in [0.05, 0.1) is 10.4 Å². The molecule has 108 valence electrons. The van der Waals surface area contributed by atoms with Gasteiger partial charge in [-0.15, -0.1) is 11.3 Å². The van der Waals surface area contributed by atoms with Gasteiger partial charge in [-0.3, -0.25) is 4.79 Å². The van der Waals surface area contributed by atoms with E-state index in [9.17, 15) is 4.79 Å². The van der Waals surface area contributed by atoms with Crippen LogP contribution in [0, 0.1) is 13.8 Å². The van der Waals surface area contributed by atoms with E-state index < -0.39 is 0 Å². The van der Waals surface area contributed by atoms with Crippen molar-refractivity contribution in [3.05, 3.63) is 67.6 Å². The van der Waals surface area contributed by atoms with Gasteiger partial charge in [-0.05, 0) is 60.0 Å². The van der Waals surface area contributed by atoms with Crippen LogP contribution < -0.4 is 10.9 Å². The average Bonchev–Trinajstić information content (AvgIpc) is 2.95.